The summed E-state index contributed by atoms with van der Waals surface area (Å²) in [6.07, 6.45) is 0.981. The Hall–Kier alpha value is -3.10. The summed E-state index contributed by atoms with van der Waals surface area (Å²) in [7, 11) is 0. The average molecular weight is 376 g/mol. The summed E-state index contributed by atoms with van der Waals surface area (Å²) in [6, 6.07) is 20.9. The number of rotatable bonds is 7. The van der Waals surface area contributed by atoms with Gasteiger partial charge in [0.2, 0.25) is 0 Å². The molecule has 136 valence electrons. The van der Waals surface area contributed by atoms with E-state index in [4.69, 9.17) is 10.00 Å². The molecule has 0 aliphatic carbocycles. The van der Waals surface area contributed by atoms with Gasteiger partial charge in [0, 0.05) is 4.88 Å². The highest BCUT2D eigenvalue weighted by Crippen LogP contribution is 2.26. The maximum Gasteiger partial charge on any atom is 0.258 e. The first kappa shape index (κ1) is 18.7. The molecular weight excluding hydrogens is 356 g/mol. The maximum absolute atomic E-state index is 12.5. The van der Waals surface area contributed by atoms with Crippen LogP contribution in [0, 0.1) is 11.3 Å². The second-order valence-electron chi connectivity index (χ2n) is 6.04. The van der Waals surface area contributed by atoms with Gasteiger partial charge in [-0.1, -0.05) is 37.3 Å². The van der Waals surface area contributed by atoms with Gasteiger partial charge in [0.05, 0.1) is 17.7 Å². The molecule has 1 aromatic heterocycles. The smallest absolute Gasteiger partial charge is 0.258 e. The van der Waals surface area contributed by atoms with E-state index in [2.05, 4.69) is 42.6 Å². The minimum atomic E-state index is -0.201. The largest absolute Gasteiger partial charge is 0.484 e. The topological polar surface area (TPSA) is 62.1 Å². The number of benzene rings is 2. The second kappa shape index (κ2) is 9.02. The van der Waals surface area contributed by atoms with Crippen molar-refractivity contribution >= 4 is 17.2 Å². The summed E-state index contributed by atoms with van der Waals surface area (Å²) in [5.74, 6) is 0.362. The van der Waals surface area contributed by atoms with E-state index in [1.54, 1.807) is 35.6 Å². The normalized spacial score (nSPS) is 11.4. The number of carbonyl (C=O) groups is 1. The van der Waals surface area contributed by atoms with Crippen LogP contribution in [0.15, 0.2) is 66.0 Å². The van der Waals surface area contributed by atoms with Gasteiger partial charge in [-0.2, -0.15) is 5.26 Å². The molecule has 0 saturated carbocycles. The zero-order valence-corrected chi connectivity index (χ0v) is 15.8. The van der Waals surface area contributed by atoms with Crippen LogP contribution in [0.4, 0.5) is 0 Å². The molecule has 2 aromatic carbocycles. The molecule has 4 nitrogen and oxygen atoms in total. The van der Waals surface area contributed by atoms with Crippen LogP contribution in [0.1, 0.15) is 34.5 Å². The van der Waals surface area contributed by atoms with Crippen LogP contribution in [0.5, 0.6) is 5.75 Å². The van der Waals surface area contributed by atoms with Crippen molar-refractivity contribution in [3.8, 4) is 11.8 Å². The van der Waals surface area contributed by atoms with Crippen molar-refractivity contribution < 1.29 is 9.53 Å². The highest BCUT2D eigenvalue weighted by Gasteiger charge is 2.18. The predicted octanol–water partition coefficient (Wildman–Crippen LogP) is 4.47. The van der Waals surface area contributed by atoms with E-state index < -0.39 is 0 Å². The SMILES string of the molecule is CCc1ccc([C@H](NC(=O)COc2ccc(C#N)cc2)c2cccs2)cc1. The molecule has 3 aromatic rings. The lowest BCUT2D eigenvalue weighted by Gasteiger charge is -2.19. The molecule has 0 fully saturated rings. The van der Waals surface area contributed by atoms with E-state index in [1.807, 2.05) is 17.5 Å². The van der Waals surface area contributed by atoms with E-state index in [9.17, 15) is 4.79 Å². The van der Waals surface area contributed by atoms with Crippen LogP contribution < -0.4 is 10.1 Å². The van der Waals surface area contributed by atoms with Crippen molar-refractivity contribution in [1.82, 2.24) is 5.32 Å². The molecule has 1 heterocycles. The molecule has 5 heteroatoms. The molecule has 3 rings (SSSR count). The Kier molecular flexibility index (Phi) is 6.24. The van der Waals surface area contributed by atoms with Gasteiger partial charge in [-0.05, 0) is 53.3 Å². The van der Waals surface area contributed by atoms with E-state index in [1.165, 1.54) is 5.56 Å². The van der Waals surface area contributed by atoms with Gasteiger partial charge in [-0.15, -0.1) is 11.3 Å². The fourth-order valence-electron chi connectivity index (χ4n) is 2.70. The quantitative estimate of drug-likeness (QED) is 0.662. The standard InChI is InChI=1S/C22H20N2O2S/c1-2-16-5-9-18(10-6-16)22(20-4-3-13-27-20)24-21(25)15-26-19-11-7-17(14-23)8-12-19/h3-13,22H,2,15H2,1H3,(H,24,25)/t22-/m0/s1. The highest BCUT2D eigenvalue weighted by molar-refractivity contribution is 7.10. The van der Waals surface area contributed by atoms with Crippen LogP contribution in [0.2, 0.25) is 0 Å². The number of nitrogens with one attached hydrogen (secondary N) is 1. The molecule has 0 aliphatic rings. The first-order chi connectivity index (χ1) is 13.2. The summed E-state index contributed by atoms with van der Waals surface area (Å²) >= 11 is 1.61. The van der Waals surface area contributed by atoms with Gasteiger partial charge in [-0.3, -0.25) is 4.79 Å². The number of aryl methyl sites for hydroxylation is 1. The van der Waals surface area contributed by atoms with Crippen LogP contribution in [0.3, 0.4) is 0 Å². The Labute approximate surface area is 163 Å². The summed E-state index contributed by atoms with van der Waals surface area (Å²) in [4.78, 5) is 13.5. The van der Waals surface area contributed by atoms with Crippen molar-refractivity contribution in [3.05, 3.63) is 87.6 Å². The fourth-order valence-corrected chi connectivity index (χ4v) is 3.50. The molecule has 1 N–H and O–H groups in total. The number of amides is 1. The zero-order chi connectivity index (χ0) is 19.1. The number of carbonyl (C=O) groups excluding carboxylic acids is 1. The third-order valence-corrected chi connectivity index (χ3v) is 5.14. The van der Waals surface area contributed by atoms with Gasteiger partial charge in [0.1, 0.15) is 5.75 Å². The molecule has 0 saturated heterocycles. The zero-order valence-electron chi connectivity index (χ0n) is 15.0. The monoisotopic (exact) mass is 376 g/mol. The minimum Gasteiger partial charge on any atom is -0.484 e. The van der Waals surface area contributed by atoms with E-state index in [0.29, 0.717) is 11.3 Å². The first-order valence-electron chi connectivity index (χ1n) is 8.74. The van der Waals surface area contributed by atoms with E-state index in [0.717, 1.165) is 16.9 Å². The number of ether oxygens (including phenoxy) is 1. The van der Waals surface area contributed by atoms with Crippen molar-refractivity contribution in [1.29, 1.82) is 5.26 Å². The number of thiophene rings is 1. The van der Waals surface area contributed by atoms with E-state index in [-0.39, 0.29) is 18.6 Å². The maximum atomic E-state index is 12.5. The first-order valence-corrected chi connectivity index (χ1v) is 9.62. The van der Waals surface area contributed by atoms with Crippen molar-refractivity contribution in [2.75, 3.05) is 6.61 Å². The summed E-state index contributed by atoms with van der Waals surface area (Å²) in [6.45, 7) is 2.04. The molecular formula is C22H20N2O2S. The number of nitriles is 1. The summed E-state index contributed by atoms with van der Waals surface area (Å²) in [5.41, 5.74) is 2.86. The lowest BCUT2D eigenvalue weighted by molar-refractivity contribution is -0.123. The molecule has 0 bridgehead atoms. The molecule has 0 radical (unpaired) electrons. The second-order valence-corrected chi connectivity index (χ2v) is 7.02. The van der Waals surface area contributed by atoms with Gasteiger partial charge >= 0.3 is 0 Å². The van der Waals surface area contributed by atoms with Crippen LogP contribution >= 0.6 is 11.3 Å². The summed E-state index contributed by atoms with van der Waals surface area (Å²) < 4.78 is 5.54. The van der Waals surface area contributed by atoms with Crippen molar-refractivity contribution in [3.63, 3.8) is 0 Å². The Morgan fingerprint density at radius 1 is 1.15 bits per heavy atom. The van der Waals surface area contributed by atoms with Crippen molar-refractivity contribution in [2.45, 2.75) is 19.4 Å². The van der Waals surface area contributed by atoms with Crippen LogP contribution in [-0.2, 0) is 11.2 Å². The van der Waals surface area contributed by atoms with Gasteiger partial charge in [-0.25, -0.2) is 0 Å². The Morgan fingerprint density at radius 3 is 2.48 bits per heavy atom. The molecule has 1 amide bonds. The molecule has 0 unspecified atom stereocenters. The summed E-state index contributed by atoms with van der Waals surface area (Å²) in [5, 5.41) is 13.9. The lowest BCUT2D eigenvalue weighted by Crippen LogP contribution is -2.32. The Bertz CT molecular complexity index is 910. The Balaban J connectivity index is 1.67. The Morgan fingerprint density at radius 2 is 1.89 bits per heavy atom. The van der Waals surface area contributed by atoms with Gasteiger partial charge < -0.3 is 10.1 Å². The minimum absolute atomic E-state index is 0.0825. The number of hydrogen-bond acceptors (Lipinski definition) is 4. The molecule has 27 heavy (non-hydrogen) atoms. The third kappa shape index (κ3) is 4.96. The third-order valence-electron chi connectivity index (χ3n) is 4.21. The fraction of sp³-hybridized carbons (Fsp3) is 0.182. The molecule has 0 spiro atoms. The van der Waals surface area contributed by atoms with Crippen molar-refractivity contribution in [2.24, 2.45) is 0 Å². The average Bonchev–Trinajstić information content (AvgIpc) is 3.25. The molecule has 1 atom stereocenters. The van der Waals surface area contributed by atoms with Crippen LogP contribution in [-0.4, -0.2) is 12.5 Å². The highest BCUT2D eigenvalue weighted by atomic mass is 32.1. The number of nitrogens with zero attached hydrogens (tertiary/aromatic N) is 1. The van der Waals surface area contributed by atoms with Crippen LogP contribution in [0.25, 0.3) is 0 Å². The van der Waals surface area contributed by atoms with Gasteiger partial charge in [0.25, 0.3) is 5.91 Å². The van der Waals surface area contributed by atoms with E-state index >= 15 is 0 Å². The predicted molar refractivity (Wildman–Crippen MR) is 107 cm³/mol. The van der Waals surface area contributed by atoms with Gasteiger partial charge in [0.15, 0.2) is 6.61 Å². The molecule has 0 aliphatic heterocycles. The lowest BCUT2D eigenvalue weighted by atomic mass is 10.0. The number of hydrogen-bond donors (Lipinski definition) is 1.